The van der Waals surface area contributed by atoms with Crippen LogP contribution in [0.25, 0.3) is 0 Å². The molecular formula is C14H21N3O6S. The van der Waals surface area contributed by atoms with Crippen molar-refractivity contribution in [3.8, 4) is 0 Å². The van der Waals surface area contributed by atoms with Crippen LogP contribution in [0, 0.1) is 0 Å². The fourth-order valence-electron chi connectivity index (χ4n) is 2.36. The molecule has 1 aromatic heterocycles. The van der Waals surface area contributed by atoms with Gasteiger partial charge in [-0.3, -0.25) is 4.79 Å². The maximum Gasteiger partial charge on any atom is 0.409 e. The van der Waals surface area contributed by atoms with Crippen LogP contribution in [0.5, 0.6) is 0 Å². The van der Waals surface area contributed by atoms with E-state index >= 15 is 0 Å². The second kappa shape index (κ2) is 7.67. The Bertz CT molecular complexity index is 691. The number of ether oxygens (including phenoxy) is 1. The Kier molecular flexibility index (Phi) is 5.84. The molecular weight excluding hydrogens is 338 g/mol. The van der Waals surface area contributed by atoms with E-state index in [-0.39, 0.29) is 23.0 Å². The molecule has 1 aliphatic rings. The molecule has 9 nitrogen and oxygen atoms in total. The Morgan fingerprint density at radius 2 is 2.00 bits per heavy atom. The summed E-state index contributed by atoms with van der Waals surface area (Å²) < 4.78 is 35.3. The van der Waals surface area contributed by atoms with Gasteiger partial charge < -0.3 is 19.4 Å². The molecule has 1 aliphatic heterocycles. The first kappa shape index (κ1) is 18.3. The van der Waals surface area contributed by atoms with E-state index < -0.39 is 15.9 Å². The van der Waals surface area contributed by atoms with Crippen LogP contribution in [-0.2, 0) is 14.8 Å². The normalized spacial score (nSPS) is 16.0. The molecule has 0 aliphatic carbocycles. The number of amides is 2. The summed E-state index contributed by atoms with van der Waals surface area (Å²) in [5.74, 6) is -0.557. The summed E-state index contributed by atoms with van der Waals surface area (Å²) in [5, 5.41) is 2.47. The standard InChI is InChI=1S/C14H21N3O6S/c1-3-22-14(19)17-8-6-10(7-9-17)16-13(18)11-4-5-12(23-11)24(20,21)15-2/h4-5,10,15H,3,6-9H2,1-2H3,(H,16,18). The van der Waals surface area contributed by atoms with Crippen molar-refractivity contribution >= 4 is 22.0 Å². The summed E-state index contributed by atoms with van der Waals surface area (Å²) in [5.41, 5.74) is 0. The zero-order valence-electron chi connectivity index (χ0n) is 13.6. The maximum atomic E-state index is 12.1. The van der Waals surface area contributed by atoms with Crippen LogP contribution in [0.15, 0.2) is 21.6 Å². The zero-order chi connectivity index (χ0) is 17.7. The van der Waals surface area contributed by atoms with Gasteiger partial charge in [0.25, 0.3) is 15.9 Å². The lowest BCUT2D eigenvalue weighted by Gasteiger charge is -2.31. The molecule has 2 amide bonds. The molecule has 24 heavy (non-hydrogen) atoms. The smallest absolute Gasteiger partial charge is 0.409 e. The second-order valence-electron chi connectivity index (χ2n) is 5.26. The Balaban J connectivity index is 1.89. The van der Waals surface area contributed by atoms with Gasteiger partial charge in [0, 0.05) is 19.1 Å². The van der Waals surface area contributed by atoms with E-state index in [4.69, 9.17) is 9.15 Å². The van der Waals surface area contributed by atoms with Crippen molar-refractivity contribution < 1.29 is 27.2 Å². The highest BCUT2D eigenvalue weighted by Gasteiger charge is 2.26. The van der Waals surface area contributed by atoms with Crippen molar-refractivity contribution in [2.45, 2.75) is 30.9 Å². The average Bonchev–Trinajstić information content (AvgIpc) is 3.07. The minimum atomic E-state index is -3.72. The van der Waals surface area contributed by atoms with Crippen LogP contribution in [-0.4, -0.2) is 58.1 Å². The van der Waals surface area contributed by atoms with Gasteiger partial charge in [0.05, 0.1) is 6.61 Å². The highest BCUT2D eigenvalue weighted by atomic mass is 32.2. The molecule has 0 radical (unpaired) electrons. The number of hydrogen-bond donors (Lipinski definition) is 2. The molecule has 134 valence electrons. The van der Waals surface area contributed by atoms with Crippen molar-refractivity contribution in [2.24, 2.45) is 0 Å². The van der Waals surface area contributed by atoms with E-state index in [9.17, 15) is 18.0 Å². The molecule has 1 aromatic rings. The van der Waals surface area contributed by atoms with Crippen molar-refractivity contribution in [1.82, 2.24) is 14.9 Å². The van der Waals surface area contributed by atoms with Crippen molar-refractivity contribution in [3.63, 3.8) is 0 Å². The van der Waals surface area contributed by atoms with Gasteiger partial charge in [-0.1, -0.05) is 0 Å². The third-order valence-electron chi connectivity index (χ3n) is 3.69. The van der Waals surface area contributed by atoms with Gasteiger partial charge in [0.1, 0.15) is 0 Å². The molecule has 1 fully saturated rings. The third kappa shape index (κ3) is 4.26. The lowest BCUT2D eigenvalue weighted by Crippen LogP contribution is -2.46. The van der Waals surface area contributed by atoms with Crippen molar-refractivity contribution in [2.75, 3.05) is 26.7 Å². The zero-order valence-corrected chi connectivity index (χ0v) is 14.4. The average molecular weight is 359 g/mol. The fourth-order valence-corrected chi connectivity index (χ4v) is 3.01. The molecule has 0 unspecified atom stereocenters. The van der Waals surface area contributed by atoms with Crippen molar-refractivity contribution in [1.29, 1.82) is 0 Å². The Morgan fingerprint density at radius 3 is 2.58 bits per heavy atom. The molecule has 0 spiro atoms. The topological polar surface area (TPSA) is 118 Å². The first-order valence-electron chi connectivity index (χ1n) is 7.63. The fraction of sp³-hybridized carbons (Fsp3) is 0.571. The number of nitrogens with one attached hydrogen (secondary N) is 2. The van der Waals surface area contributed by atoms with Gasteiger partial charge in [0.15, 0.2) is 5.76 Å². The Morgan fingerprint density at radius 1 is 1.33 bits per heavy atom. The van der Waals surface area contributed by atoms with Gasteiger partial charge in [-0.2, -0.15) is 0 Å². The van der Waals surface area contributed by atoms with Crippen LogP contribution >= 0.6 is 0 Å². The highest BCUT2D eigenvalue weighted by Crippen LogP contribution is 2.16. The monoisotopic (exact) mass is 359 g/mol. The molecule has 0 saturated carbocycles. The van der Waals surface area contributed by atoms with Crippen LogP contribution in [0.1, 0.15) is 30.3 Å². The number of nitrogens with zero attached hydrogens (tertiary/aromatic N) is 1. The SMILES string of the molecule is CCOC(=O)N1CCC(NC(=O)c2ccc(S(=O)(=O)NC)o2)CC1. The molecule has 1 saturated heterocycles. The summed E-state index contributed by atoms with van der Waals surface area (Å²) in [4.78, 5) is 25.3. The number of carbonyl (C=O) groups excluding carboxylic acids is 2. The molecule has 0 aromatic carbocycles. The number of hydrogen-bond acceptors (Lipinski definition) is 6. The van der Waals surface area contributed by atoms with Crippen molar-refractivity contribution in [3.05, 3.63) is 17.9 Å². The van der Waals surface area contributed by atoms with Gasteiger partial charge >= 0.3 is 6.09 Å². The van der Waals surface area contributed by atoms with E-state index in [1.807, 2.05) is 0 Å². The van der Waals surface area contributed by atoms with Gasteiger partial charge in [-0.05, 0) is 38.9 Å². The largest absolute Gasteiger partial charge is 0.450 e. The summed E-state index contributed by atoms with van der Waals surface area (Å²) in [6.07, 6.45) is 0.829. The first-order chi connectivity index (χ1) is 11.4. The number of rotatable bonds is 5. The summed E-state index contributed by atoms with van der Waals surface area (Å²) in [7, 11) is -2.46. The van der Waals surface area contributed by atoms with Crippen LogP contribution in [0.3, 0.4) is 0 Å². The quantitative estimate of drug-likeness (QED) is 0.792. The maximum absolute atomic E-state index is 12.1. The summed E-state index contributed by atoms with van der Waals surface area (Å²) in [6, 6.07) is 2.43. The van der Waals surface area contributed by atoms with E-state index in [0.29, 0.717) is 32.5 Å². The summed E-state index contributed by atoms with van der Waals surface area (Å²) in [6.45, 7) is 3.05. The number of carbonyl (C=O) groups is 2. The van der Waals surface area contributed by atoms with E-state index in [0.717, 1.165) is 0 Å². The van der Waals surface area contributed by atoms with Crippen LogP contribution < -0.4 is 10.0 Å². The lowest BCUT2D eigenvalue weighted by molar-refractivity contribution is 0.0837. The third-order valence-corrected chi connectivity index (χ3v) is 4.98. The number of likely N-dealkylation sites (tertiary alicyclic amines) is 1. The lowest BCUT2D eigenvalue weighted by atomic mass is 10.1. The predicted octanol–water partition coefficient (Wildman–Crippen LogP) is 0.538. The predicted molar refractivity (Wildman–Crippen MR) is 84.0 cm³/mol. The van der Waals surface area contributed by atoms with Crippen LogP contribution in [0.4, 0.5) is 4.79 Å². The number of piperidine rings is 1. The first-order valence-corrected chi connectivity index (χ1v) is 9.11. The molecule has 2 rings (SSSR count). The number of sulfonamides is 1. The van der Waals surface area contributed by atoms with Gasteiger partial charge in [-0.15, -0.1) is 0 Å². The number of furan rings is 1. The molecule has 0 atom stereocenters. The second-order valence-corrected chi connectivity index (χ2v) is 7.08. The van der Waals surface area contributed by atoms with Gasteiger partial charge in [0.2, 0.25) is 5.09 Å². The van der Waals surface area contributed by atoms with E-state index in [1.165, 1.54) is 19.2 Å². The Labute approximate surface area is 140 Å². The minimum Gasteiger partial charge on any atom is -0.450 e. The minimum absolute atomic E-state index is 0.0725. The Hall–Kier alpha value is -2.07. The molecule has 2 N–H and O–H groups in total. The summed E-state index contributed by atoms with van der Waals surface area (Å²) >= 11 is 0. The highest BCUT2D eigenvalue weighted by molar-refractivity contribution is 7.89. The molecule has 2 heterocycles. The van der Waals surface area contributed by atoms with Crippen LogP contribution in [0.2, 0.25) is 0 Å². The van der Waals surface area contributed by atoms with Gasteiger partial charge in [-0.25, -0.2) is 17.9 Å². The van der Waals surface area contributed by atoms with E-state index in [1.54, 1.807) is 11.8 Å². The van der Waals surface area contributed by atoms with E-state index in [2.05, 4.69) is 10.0 Å². The molecule has 10 heteroatoms. The molecule has 0 bridgehead atoms.